The van der Waals surface area contributed by atoms with E-state index in [9.17, 15) is 0 Å². The van der Waals surface area contributed by atoms with Crippen LogP contribution in [0.3, 0.4) is 0 Å². The second-order valence-corrected chi connectivity index (χ2v) is 5.28. The van der Waals surface area contributed by atoms with E-state index >= 15 is 0 Å². The van der Waals surface area contributed by atoms with Crippen LogP contribution in [0, 0.1) is 6.92 Å². The van der Waals surface area contributed by atoms with Gasteiger partial charge in [-0.05, 0) is 57.2 Å². The molecule has 1 aromatic carbocycles. The third-order valence-corrected chi connectivity index (χ3v) is 3.81. The van der Waals surface area contributed by atoms with E-state index in [1.807, 2.05) is 0 Å². The lowest BCUT2D eigenvalue weighted by molar-refractivity contribution is 0.167. The maximum atomic E-state index is 2.61. The summed E-state index contributed by atoms with van der Waals surface area (Å²) in [5, 5.41) is 0. The fraction of sp³-hybridized carbons (Fsp3) is 0.600. The first-order valence-electron chi connectivity index (χ1n) is 6.48. The van der Waals surface area contributed by atoms with Gasteiger partial charge in [0.2, 0.25) is 0 Å². The summed E-state index contributed by atoms with van der Waals surface area (Å²) in [6, 6.07) is 9.55. The first kappa shape index (κ1) is 11.7. The van der Waals surface area contributed by atoms with Gasteiger partial charge in [-0.25, -0.2) is 0 Å². The maximum absolute atomic E-state index is 2.61. The van der Waals surface area contributed by atoms with Crippen molar-refractivity contribution in [3.8, 4) is 0 Å². The number of aryl methyl sites for hydroxylation is 1. The van der Waals surface area contributed by atoms with E-state index in [1.54, 1.807) is 5.56 Å². The van der Waals surface area contributed by atoms with Gasteiger partial charge >= 0.3 is 0 Å². The predicted molar refractivity (Wildman–Crippen MR) is 69.9 cm³/mol. The molecule has 1 heterocycles. The van der Waals surface area contributed by atoms with Gasteiger partial charge in [0.05, 0.1) is 0 Å². The Labute approximate surface area is 99.5 Å². The number of benzene rings is 1. The molecule has 0 radical (unpaired) electrons. The van der Waals surface area contributed by atoms with Crippen molar-refractivity contribution < 1.29 is 0 Å². The second kappa shape index (κ2) is 5.01. The summed E-state index contributed by atoms with van der Waals surface area (Å²) in [7, 11) is 0. The average molecular weight is 217 g/mol. The fourth-order valence-corrected chi connectivity index (χ4v) is 2.77. The van der Waals surface area contributed by atoms with Gasteiger partial charge in [0, 0.05) is 12.6 Å². The Hall–Kier alpha value is -0.820. The number of hydrogen-bond donors (Lipinski definition) is 0. The van der Waals surface area contributed by atoms with Gasteiger partial charge in [-0.2, -0.15) is 0 Å². The molecular formula is C15H23N. The molecule has 2 rings (SSSR count). The molecule has 1 aliphatic rings. The van der Waals surface area contributed by atoms with Gasteiger partial charge in [-0.1, -0.05) is 24.3 Å². The van der Waals surface area contributed by atoms with Crippen molar-refractivity contribution in [3.63, 3.8) is 0 Å². The van der Waals surface area contributed by atoms with E-state index in [-0.39, 0.29) is 0 Å². The molecular weight excluding hydrogens is 194 g/mol. The quantitative estimate of drug-likeness (QED) is 0.732. The molecule has 0 amide bonds. The second-order valence-electron chi connectivity index (χ2n) is 5.28. The van der Waals surface area contributed by atoms with Crippen molar-refractivity contribution >= 4 is 0 Å². The molecule has 1 aliphatic heterocycles. The zero-order valence-electron chi connectivity index (χ0n) is 10.7. The lowest BCUT2D eigenvalue weighted by Gasteiger charge is -2.36. The molecule has 1 fully saturated rings. The number of rotatable bonds is 2. The topological polar surface area (TPSA) is 3.24 Å². The van der Waals surface area contributed by atoms with E-state index in [0.717, 1.165) is 5.92 Å². The lowest BCUT2D eigenvalue weighted by atomic mass is 9.87. The highest BCUT2D eigenvalue weighted by atomic mass is 15.2. The van der Waals surface area contributed by atoms with Crippen LogP contribution in [-0.2, 0) is 0 Å². The van der Waals surface area contributed by atoms with Crippen LogP contribution in [0.15, 0.2) is 24.3 Å². The smallest absolute Gasteiger partial charge is 0.00531 e. The molecule has 1 heteroatoms. The standard InChI is InChI=1S/C15H23N/c1-12(2)16-10-6-8-14(11-16)15-9-5-4-7-13(15)3/h4-5,7,9,12,14H,6,8,10-11H2,1-3H3. The Bertz CT molecular complexity index is 343. The monoisotopic (exact) mass is 217 g/mol. The summed E-state index contributed by atoms with van der Waals surface area (Å²) < 4.78 is 0. The highest BCUT2D eigenvalue weighted by molar-refractivity contribution is 5.29. The van der Waals surface area contributed by atoms with Crippen LogP contribution in [0.4, 0.5) is 0 Å². The minimum absolute atomic E-state index is 0.687. The molecule has 1 aromatic rings. The molecule has 0 saturated carbocycles. The summed E-state index contributed by atoms with van der Waals surface area (Å²) in [6.45, 7) is 9.37. The van der Waals surface area contributed by atoms with Gasteiger partial charge in [0.25, 0.3) is 0 Å². The lowest BCUT2D eigenvalue weighted by Crippen LogP contribution is -2.39. The SMILES string of the molecule is Cc1ccccc1C1CCCN(C(C)C)C1. The maximum Gasteiger partial charge on any atom is 0.00531 e. The molecule has 0 aliphatic carbocycles. The van der Waals surface area contributed by atoms with Gasteiger partial charge in [-0.15, -0.1) is 0 Å². The Morgan fingerprint density at radius 1 is 1.25 bits per heavy atom. The van der Waals surface area contributed by atoms with Crippen LogP contribution < -0.4 is 0 Å². The summed E-state index contributed by atoms with van der Waals surface area (Å²) in [5.41, 5.74) is 3.02. The third-order valence-electron chi connectivity index (χ3n) is 3.81. The molecule has 16 heavy (non-hydrogen) atoms. The highest BCUT2D eigenvalue weighted by Gasteiger charge is 2.23. The molecule has 0 spiro atoms. The van der Waals surface area contributed by atoms with Crippen molar-refractivity contribution in [2.75, 3.05) is 13.1 Å². The minimum atomic E-state index is 0.687. The van der Waals surface area contributed by atoms with Crippen molar-refractivity contribution in [1.82, 2.24) is 4.90 Å². The zero-order chi connectivity index (χ0) is 11.5. The molecule has 1 atom stereocenters. The van der Waals surface area contributed by atoms with Crippen LogP contribution >= 0.6 is 0 Å². The molecule has 1 nitrogen and oxygen atoms in total. The number of nitrogens with zero attached hydrogens (tertiary/aromatic N) is 1. The Morgan fingerprint density at radius 2 is 2.00 bits per heavy atom. The molecule has 0 aromatic heterocycles. The van der Waals surface area contributed by atoms with Gasteiger partial charge in [0.1, 0.15) is 0 Å². The van der Waals surface area contributed by atoms with Crippen molar-refractivity contribution in [3.05, 3.63) is 35.4 Å². The predicted octanol–water partition coefficient (Wildman–Crippen LogP) is 3.58. The van der Waals surface area contributed by atoms with E-state index in [1.165, 1.54) is 31.5 Å². The van der Waals surface area contributed by atoms with E-state index < -0.39 is 0 Å². The number of hydrogen-bond acceptors (Lipinski definition) is 1. The Balaban J connectivity index is 2.13. The van der Waals surface area contributed by atoms with Gasteiger partial charge < -0.3 is 4.90 Å². The minimum Gasteiger partial charge on any atom is -0.300 e. The van der Waals surface area contributed by atoms with Crippen LogP contribution in [0.1, 0.15) is 43.7 Å². The molecule has 1 unspecified atom stereocenters. The highest BCUT2D eigenvalue weighted by Crippen LogP contribution is 2.29. The van der Waals surface area contributed by atoms with Crippen LogP contribution in [0.5, 0.6) is 0 Å². The average Bonchev–Trinajstić information content (AvgIpc) is 2.30. The summed E-state index contributed by atoms with van der Waals surface area (Å²) in [4.78, 5) is 2.61. The van der Waals surface area contributed by atoms with E-state index in [4.69, 9.17) is 0 Å². The first-order chi connectivity index (χ1) is 7.68. The Kier molecular flexibility index (Phi) is 3.65. The normalized spacial score (nSPS) is 22.6. The van der Waals surface area contributed by atoms with Crippen molar-refractivity contribution in [1.29, 1.82) is 0 Å². The first-order valence-corrected chi connectivity index (χ1v) is 6.48. The molecule has 0 bridgehead atoms. The van der Waals surface area contributed by atoms with Crippen molar-refractivity contribution in [2.24, 2.45) is 0 Å². The molecule has 1 saturated heterocycles. The summed E-state index contributed by atoms with van der Waals surface area (Å²) in [5.74, 6) is 0.748. The van der Waals surface area contributed by atoms with E-state index in [2.05, 4.69) is 49.9 Å². The largest absolute Gasteiger partial charge is 0.300 e. The Morgan fingerprint density at radius 3 is 2.69 bits per heavy atom. The van der Waals surface area contributed by atoms with Crippen LogP contribution in [-0.4, -0.2) is 24.0 Å². The van der Waals surface area contributed by atoms with Crippen LogP contribution in [0.25, 0.3) is 0 Å². The summed E-state index contributed by atoms with van der Waals surface area (Å²) >= 11 is 0. The van der Waals surface area contributed by atoms with Crippen LogP contribution in [0.2, 0.25) is 0 Å². The van der Waals surface area contributed by atoms with E-state index in [0.29, 0.717) is 6.04 Å². The fourth-order valence-electron chi connectivity index (χ4n) is 2.77. The summed E-state index contributed by atoms with van der Waals surface area (Å²) in [6.07, 6.45) is 2.70. The zero-order valence-corrected chi connectivity index (χ0v) is 10.7. The van der Waals surface area contributed by atoms with Crippen molar-refractivity contribution in [2.45, 2.75) is 45.6 Å². The molecule has 0 N–H and O–H groups in total. The van der Waals surface area contributed by atoms with Gasteiger partial charge in [0.15, 0.2) is 0 Å². The van der Waals surface area contributed by atoms with Gasteiger partial charge in [-0.3, -0.25) is 0 Å². The molecule has 88 valence electrons. The third kappa shape index (κ3) is 2.46. The number of piperidine rings is 1. The number of likely N-dealkylation sites (tertiary alicyclic amines) is 1.